The van der Waals surface area contributed by atoms with Crippen molar-refractivity contribution in [3.05, 3.63) is 65.2 Å². The van der Waals surface area contributed by atoms with Crippen LogP contribution in [0.2, 0.25) is 0 Å². The lowest BCUT2D eigenvalue weighted by Gasteiger charge is -2.02. The molecule has 0 aliphatic carbocycles. The van der Waals surface area contributed by atoms with Gasteiger partial charge in [0.15, 0.2) is 0 Å². The van der Waals surface area contributed by atoms with E-state index in [0.717, 1.165) is 12.0 Å². The monoisotopic (exact) mass is 370 g/mol. The van der Waals surface area contributed by atoms with E-state index in [1.54, 1.807) is 12.1 Å². The molecule has 3 nitrogen and oxygen atoms in total. The van der Waals surface area contributed by atoms with Crippen molar-refractivity contribution < 1.29 is 13.0 Å². The van der Waals surface area contributed by atoms with Crippen molar-refractivity contribution in [1.82, 2.24) is 0 Å². The molecule has 0 atom stereocenters. The van der Waals surface area contributed by atoms with Gasteiger partial charge in [-0.25, -0.2) is 0 Å². The Kier molecular flexibility index (Phi) is 7.90. The van der Waals surface area contributed by atoms with E-state index in [9.17, 15) is 8.42 Å². The minimum Gasteiger partial charge on any atom is -0.282 e. The first-order valence-corrected chi connectivity index (χ1v) is 10.6. The largest absolute Gasteiger partial charge is 0.294 e. The second kappa shape index (κ2) is 10.2. The van der Waals surface area contributed by atoms with Crippen molar-refractivity contribution >= 4 is 10.1 Å². The highest BCUT2D eigenvalue weighted by Crippen LogP contribution is 2.12. The molecule has 0 heterocycles. The van der Waals surface area contributed by atoms with Crippen LogP contribution in [0.25, 0.3) is 0 Å². The fraction of sp³-hybridized carbons (Fsp3) is 0.364. The quantitative estimate of drug-likeness (QED) is 0.393. The lowest BCUT2D eigenvalue weighted by molar-refractivity contribution is 0.483. The molecule has 4 heteroatoms. The molecule has 2 aromatic carbocycles. The van der Waals surface area contributed by atoms with Crippen molar-refractivity contribution in [2.24, 2.45) is 0 Å². The number of benzene rings is 2. The number of hydrogen-bond donors (Lipinski definition) is 1. The van der Waals surface area contributed by atoms with Crippen LogP contribution < -0.4 is 0 Å². The van der Waals surface area contributed by atoms with Crippen molar-refractivity contribution in [3.63, 3.8) is 0 Å². The molecule has 0 amide bonds. The maximum Gasteiger partial charge on any atom is 0.294 e. The summed E-state index contributed by atoms with van der Waals surface area (Å²) in [6.07, 6.45) is 8.93. The summed E-state index contributed by atoms with van der Waals surface area (Å²) >= 11 is 0. The lowest BCUT2D eigenvalue weighted by Crippen LogP contribution is -1.97. The van der Waals surface area contributed by atoms with Crippen LogP contribution in [-0.4, -0.2) is 13.0 Å². The van der Waals surface area contributed by atoms with Crippen molar-refractivity contribution in [2.45, 2.75) is 56.8 Å². The molecule has 0 aliphatic rings. The standard InChI is InChI=1S/C22H26O3S/c1-2-3-4-5-6-7-8-19-9-11-20(12-10-19)13-14-21-15-17-22(18-16-21)26(23,24)25/h9-12,15-18H,2-8H2,1H3,(H,23,24,25). The summed E-state index contributed by atoms with van der Waals surface area (Å²) in [4.78, 5) is -0.123. The van der Waals surface area contributed by atoms with E-state index in [0.29, 0.717) is 5.56 Å². The molecular weight excluding hydrogens is 344 g/mol. The average Bonchev–Trinajstić information content (AvgIpc) is 2.63. The smallest absolute Gasteiger partial charge is 0.282 e. The molecule has 0 aromatic heterocycles. The Balaban J connectivity index is 1.86. The number of rotatable bonds is 8. The predicted molar refractivity (Wildman–Crippen MR) is 106 cm³/mol. The molecule has 0 saturated heterocycles. The van der Waals surface area contributed by atoms with Gasteiger partial charge in [-0.1, -0.05) is 63.0 Å². The average molecular weight is 371 g/mol. The number of unbranched alkanes of at least 4 members (excludes halogenated alkanes) is 5. The van der Waals surface area contributed by atoms with Crippen LogP contribution >= 0.6 is 0 Å². The van der Waals surface area contributed by atoms with Gasteiger partial charge in [0.1, 0.15) is 0 Å². The van der Waals surface area contributed by atoms with E-state index in [1.165, 1.54) is 56.2 Å². The summed E-state index contributed by atoms with van der Waals surface area (Å²) in [5.41, 5.74) is 2.97. The van der Waals surface area contributed by atoms with E-state index >= 15 is 0 Å². The van der Waals surface area contributed by atoms with Gasteiger partial charge in [0.05, 0.1) is 4.90 Å². The highest BCUT2D eigenvalue weighted by molar-refractivity contribution is 7.85. The van der Waals surface area contributed by atoms with Crippen LogP contribution in [0.5, 0.6) is 0 Å². The van der Waals surface area contributed by atoms with Crippen LogP contribution in [0.4, 0.5) is 0 Å². The summed E-state index contributed by atoms with van der Waals surface area (Å²) in [5, 5.41) is 0. The fourth-order valence-corrected chi connectivity index (χ4v) is 3.20. The Bertz CT molecular complexity index is 839. The molecule has 2 aromatic rings. The minimum atomic E-state index is -4.15. The van der Waals surface area contributed by atoms with Crippen LogP contribution in [0.15, 0.2) is 53.4 Å². The van der Waals surface area contributed by atoms with Gasteiger partial charge in [-0.05, 0) is 54.8 Å². The van der Waals surface area contributed by atoms with Crippen LogP contribution in [0, 0.1) is 11.8 Å². The lowest BCUT2D eigenvalue weighted by atomic mass is 10.0. The fourth-order valence-electron chi connectivity index (χ4n) is 2.72. The molecule has 138 valence electrons. The molecular formula is C22H26O3S. The Hall–Kier alpha value is -2.09. The Labute approximate surface area is 157 Å². The zero-order valence-electron chi connectivity index (χ0n) is 15.2. The molecule has 2 rings (SSSR count). The van der Waals surface area contributed by atoms with Gasteiger partial charge in [0.2, 0.25) is 0 Å². The Morgan fingerprint density at radius 2 is 1.27 bits per heavy atom. The molecule has 0 spiro atoms. The maximum atomic E-state index is 11.0. The third-order valence-corrected chi connectivity index (χ3v) is 5.14. The second-order valence-electron chi connectivity index (χ2n) is 6.46. The van der Waals surface area contributed by atoms with Crippen molar-refractivity contribution in [3.8, 4) is 11.8 Å². The van der Waals surface area contributed by atoms with Gasteiger partial charge in [-0.2, -0.15) is 8.42 Å². The van der Waals surface area contributed by atoms with E-state index in [-0.39, 0.29) is 4.90 Å². The SMILES string of the molecule is CCCCCCCCc1ccc(C#Cc2ccc(S(=O)(=O)O)cc2)cc1. The maximum absolute atomic E-state index is 11.0. The molecule has 0 unspecified atom stereocenters. The zero-order valence-corrected chi connectivity index (χ0v) is 16.1. The third kappa shape index (κ3) is 7.03. The van der Waals surface area contributed by atoms with Gasteiger partial charge in [-0.15, -0.1) is 0 Å². The van der Waals surface area contributed by atoms with Gasteiger partial charge in [0, 0.05) is 11.1 Å². The summed E-state index contributed by atoms with van der Waals surface area (Å²) in [5.74, 6) is 6.08. The normalized spacial score (nSPS) is 11.0. The first-order valence-electron chi connectivity index (χ1n) is 9.17. The summed E-state index contributed by atoms with van der Waals surface area (Å²) < 4.78 is 31.0. The van der Waals surface area contributed by atoms with E-state index in [4.69, 9.17) is 4.55 Å². The van der Waals surface area contributed by atoms with E-state index in [2.05, 4.69) is 30.9 Å². The molecule has 0 fully saturated rings. The van der Waals surface area contributed by atoms with Crippen LogP contribution in [-0.2, 0) is 16.5 Å². The van der Waals surface area contributed by atoms with Gasteiger partial charge >= 0.3 is 0 Å². The first-order chi connectivity index (χ1) is 12.5. The molecule has 0 aliphatic heterocycles. The minimum absolute atomic E-state index is 0.123. The number of hydrogen-bond acceptors (Lipinski definition) is 2. The van der Waals surface area contributed by atoms with Gasteiger partial charge in [0.25, 0.3) is 10.1 Å². The molecule has 26 heavy (non-hydrogen) atoms. The van der Waals surface area contributed by atoms with Crippen LogP contribution in [0.3, 0.4) is 0 Å². The van der Waals surface area contributed by atoms with Crippen LogP contribution in [0.1, 0.15) is 62.1 Å². The summed E-state index contributed by atoms with van der Waals surface area (Å²) in [6.45, 7) is 2.24. The van der Waals surface area contributed by atoms with E-state index < -0.39 is 10.1 Å². The van der Waals surface area contributed by atoms with Crippen molar-refractivity contribution in [1.29, 1.82) is 0 Å². The van der Waals surface area contributed by atoms with Gasteiger partial charge < -0.3 is 0 Å². The topological polar surface area (TPSA) is 54.4 Å². The van der Waals surface area contributed by atoms with E-state index in [1.807, 2.05) is 12.1 Å². The molecule has 1 N–H and O–H groups in total. The molecule has 0 radical (unpaired) electrons. The van der Waals surface area contributed by atoms with Crippen molar-refractivity contribution in [2.75, 3.05) is 0 Å². The summed E-state index contributed by atoms with van der Waals surface area (Å²) in [6, 6.07) is 14.2. The zero-order chi connectivity index (χ0) is 18.8. The highest BCUT2D eigenvalue weighted by atomic mass is 32.2. The molecule has 0 saturated carbocycles. The second-order valence-corrected chi connectivity index (χ2v) is 7.89. The highest BCUT2D eigenvalue weighted by Gasteiger charge is 2.07. The predicted octanol–water partition coefficient (Wildman–Crippen LogP) is 5.24. The Morgan fingerprint density at radius 1 is 0.769 bits per heavy atom. The molecule has 0 bridgehead atoms. The third-order valence-electron chi connectivity index (χ3n) is 4.28. The number of aryl methyl sites for hydroxylation is 1. The first kappa shape index (κ1) is 20.2. The summed E-state index contributed by atoms with van der Waals surface area (Å²) in [7, 11) is -4.15. The van der Waals surface area contributed by atoms with Gasteiger partial charge in [-0.3, -0.25) is 4.55 Å². The Morgan fingerprint density at radius 3 is 1.81 bits per heavy atom.